The number of fused-ring (bicyclic) bond motifs is 11. The van der Waals surface area contributed by atoms with E-state index in [9.17, 15) is 0 Å². The molecular formula is C77H22F35N7. The monoisotopic (exact) mass is 1710 g/mol. The average molecular weight is 1710 g/mol. The van der Waals surface area contributed by atoms with E-state index in [4.69, 9.17) is 0 Å². The van der Waals surface area contributed by atoms with E-state index in [2.05, 4.69) is 35.6 Å². The Hall–Kier alpha value is -13.3. The van der Waals surface area contributed by atoms with Crippen LogP contribution in [0, 0.1) is 204 Å². The maximum atomic E-state index is 16.7. The molecule has 14 bridgehead atoms. The van der Waals surface area contributed by atoms with Gasteiger partial charge in [-0.15, -0.1) is 0 Å². The van der Waals surface area contributed by atoms with E-state index in [1.54, 1.807) is 0 Å². The highest BCUT2D eigenvalue weighted by molar-refractivity contribution is 6.32. The van der Waals surface area contributed by atoms with Gasteiger partial charge < -0.3 is 20.6 Å². The summed E-state index contributed by atoms with van der Waals surface area (Å²) >= 11 is 0. The van der Waals surface area contributed by atoms with Crippen LogP contribution in [0.1, 0.15) is 73.6 Å². The molecule has 2 aromatic heterocycles. The molecule has 7 nitrogen and oxygen atoms in total. The molecule has 0 aliphatic carbocycles. The lowest BCUT2D eigenvalue weighted by atomic mass is 9.86. The first-order valence-corrected chi connectivity index (χ1v) is 32.6. The topological polar surface area (TPSA) is 92.7 Å². The zero-order chi connectivity index (χ0) is 86.2. The summed E-state index contributed by atoms with van der Waals surface area (Å²) in [6.07, 6.45) is 3.62. The molecule has 15 rings (SSSR count). The molecule has 9 aromatic rings. The number of aromatic amines is 2. The lowest BCUT2D eigenvalue weighted by Gasteiger charge is -2.26. The molecule has 8 heterocycles. The van der Waals surface area contributed by atoms with Crippen LogP contribution in [0.4, 0.5) is 154 Å². The summed E-state index contributed by atoms with van der Waals surface area (Å²) in [7, 11) is 0. The van der Waals surface area contributed by atoms with Crippen LogP contribution in [0.3, 0.4) is 0 Å². The van der Waals surface area contributed by atoms with Gasteiger partial charge in [-0.1, -0.05) is 12.2 Å². The van der Waals surface area contributed by atoms with Crippen LogP contribution in [-0.4, -0.2) is 39.2 Å². The number of nitrogens with zero attached hydrogens (tertiary/aromatic N) is 3. The van der Waals surface area contributed by atoms with Crippen molar-refractivity contribution in [2.24, 2.45) is 15.0 Å². The zero-order valence-corrected chi connectivity index (χ0v) is 56.5. The van der Waals surface area contributed by atoms with Crippen molar-refractivity contribution in [2.75, 3.05) is 0 Å². The highest BCUT2D eigenvalue weighted by Gasteiger charge is 2.46. The predicted octanol–water partition coefficient (Wildman–Crippen LogP) is 21.0. The normalized spacial score (nSPS) is 20.8. The summed E-state index contributed by atoms with van der Waals surface area (Å²) < 4.78 is 559. The number of allylic oxidation sites excluding steroid dienone is 9. The molecule has 0 amide bonds. The smallest absolute Gasteiger partial charge is 0.200 e. The third-order valence-corrected chi connectivity index (χ3v) is 19.3. The molecule has 7 aromatic carbocycles. The van der Waals surface area contributed by atoms with E-state index < -0.39 is 363 Å². The van der Waals surface area contributed by atoms with Crippen LogP contribution in [0.2, 0.25) is 0 Å². The van der Waals surface area contributed by atoms with Crippen molar-refractivity contribution in [3.05, 3.63) is 379 Å². The van der Waals surface area contributed by atoms with E-state index >= 15 is 154 Å². The summed E-state index contributed by atoms with van der Waals surface area (Å²) in [4.78, 5) is 15.9. The Morgan fingerprint density at radius 2 is 0.412 bits per heavy atom. The van der Waals surface area contributed by atoms with Gasteiger partial charge in [0.15, 0.2) is 163 Å². The standard InChI is InChI=1S/C77H22F35N7/c78-43-36(44(79)58(93)71(106)57(43)92)29-15-1-2-16(113-15)30(37-45(80)59(94)72(107)60(95)46(37)81)18-5-6-20(115-18)32(39-49(84)63(98)74(109)64(99)50(39)85)22-9-10-24(117-22)34(41-53(88)67(102)76(111)68(103)54(41)89)26-13-14-28(119-26)35(42-55(90)69(104)77(112)70(105)56(42)91)27-12-11-25(118-27)33(40-51(86)65(100)75(110)66(101)52(40)87)23-8-7-21(116-23)31(19-4-3-17(29)114-19)38-47(82)61(96)73(108)62(97)48(38)83/h1-15,26,29,34,113,115,118-119H/b30-16+,31-19+,32-22+,33-23+,35-28+. The Kier molecular flexibility index (Phi) is 19.8. The zero-order valence-electron chi connectivity index (χ0n) is 56.5. The first-order valence-electron chi connectivity index (χ1n) is 32.6. The molecule has 6 aliphatic rings. The largest absolute Gasteiger partial charge is 0.377 e. The van der Waals surface area contributed by atoms with E-state index in [1.807, 2.05) is 0 Å². The molecule has 4 atom stereocenters. The average Bonchev–Trinajstić information content (AvgIpc) is 1.63. The number of aliphatic imine (C=N–C) groups is 3. The molecule has 0 fully saturated rings. The number of hydrogen-bond donors (Lipinski definition) is 4. The van der Waals surface area contributed by atoms with E-state index in [-0.39, 0.29) is 0 Å². The van der Waals surface area contributed by atoms with E-state index in [1.165, 1.54) is 0 Å². The second kappa shape index (κ2) is 29.1. The van der Waals surface area contributed by atoms with E-state index in [0.717, 1.165) is 0 Å². The molecule has 0 spiro atoms. The molecule has 0 saturated carbocycles. The highest BCUT2D eigenvalue weighted by Crippen LogP contribution is 2.49. The van der Waals surface area contributed by atoms with Crippen molar-refractivity contribution in [1.29, 1.82) is 0 Å². The van der Waals surface area contributed by atoms with Gasteiger partial charge in [0.2, 0.25) is 40.7 Å². The quantitative estimate of drug-likeness (QED) is 0.0727. The summed E-state index contributed by atoms with van der Waals surface area (Å²) in [6.45, 7) is 0. The van der Waals surface area contributed by atoms with Gasteiger partial charge in [0.1, 0.15) is 0 Å². The molecular weight excluding hydrogens is 1690 g/mol. The van der Waals surface area contributed by atoms with Crippen molar-refractivity contribution in [3.8, 4) is 0 Å². The highest BCUT2D eigenvalue weighted by atomic mass is 19.2. The van der Waals surface area contributed by atoms with Crippen molar-refractivity contribution in [3.63, 3.8) is 0 Å². The maximum absolute atomic E-state index is 16.7. The molecule has 4 unspecified atom stereocenters. The number of benzene rings is 7. The van der Waals surface area contributed by atoms with Crippen molar-refractivity contribution in [1.82, 2.24) is 20.6 Å². The first kappa shape index (κ1) is 80.8. The Morgan fingerprint density at radius 1 is 0.202 bits per heavy atom. The lowest BCUT2D eigenvalue weighted by Crippen LogP contribution is -2.35. The van der Waals surface area contributed by atoms with Gasteiger partial charge in [0, 0.05) is 73.2 Å². The molecule has 0 radical (unpaired) electrons. The minimum atomic E-state index is -3.00. The second-order valence-electron chi connectivity index (χ2n) is 25.7. The Bertz CT molecular complexity index is 6430. The molecule has 4 N–H and O–H groups in total. The van der Waals surface area contributed by atoms with Gasteiger partial charge in [-0.05, 0) is 72.9 Å². The van der Waals surface area contributed by atoms with Gasteiger partial charge in [-0.3, -0.25) is 9.98 Å². The van der Waals surface area contributed by atoms with Gasteiger partial charge in [-0.2, -0.15) is 0 Å². The van der Waals surface area contributed by atoms with Gasteiger partial charge in [0.05, 0.1) is 86.0 Å². The molecule has 42 heteroatoms. The number of halogens is 35. The minimum Gasteiger partial charge on any atom is -0.377 e. The van der Waals surface area contributed by atoms with Crippen LogP contribution >= 0.6 is 0 Å². The molecule has 6 aliphatic heterocycles. The van der Waals surface area contributed by atoms with Gasteiger partial charge in [0.25, 0.3) is 0 Å². The number of aromatic nitrogens is 2. The van der Waals surface area contributed by atoms with Crippen LogP contribution in [0.5, 0.6) is 0 Å². The number of rotatable bonds is 7. The predicted molar refractivity (Wildman–Crippen MR) is 344 cm³/mol. The van der Waals surface area contributed by atoms with E-state index in [0.29, 0.717) is 85.0 Å². The first-order chi connectivity index (χ1) is 56.1. The second-order valence-corrected chi connectivity index (χ2v) is 25.7. The Balaban J connectivity index is 1.10. The maximum Gasteiger partial charge on any atom is 0.200 e. The minimum absolute atomic E-state index is 0.294. The molecule has 0 saturated heterocycles. The van der Waals surface area contributed by atoms with Gasteiger partial charge >= 0.3 is 0 Å². The van der Waals surface area contributed by atoms with Gasteiger partial charge in [-0.25, -0.2) is 159 Å². The number of hydrogen-bond acceptors (Lipinski definition) is 5. The Labute approximate surface area is 635 Å². The van der Waals surface area contributed by atoms with Crippen molar-refractivity contribution in [2.45, 2.75) is 23.9 Å². The summed E-state index contributed by atoms with van der Waals surface area (Å²) in [5.41, 5.74) is -40.3. The SMILES string of the molecule is Fc1c(F)c(F)c(/C2=C3\C=CC(=N3)C(c3c(F)c(F)c(F)c(F)c3F)C3C=C/C(=C(\c4c(F)c(F)c(F)c(F)c4F)c4ccc([nH]4)/C(c4c(F)c(F)c(F)c(F)c4F)=C4/C=CC(=N4)C(c4c(F)c(F)c(F)c(F)c4F)C4C=C/C(=C(\c5c(F)c(F)c(F)c(F)c5F)c5ccc([nH]5)/C(c5c(F)c(F)c(F)c(F)c5F)=C5/C=CC2=N5)N4)N3)c(F)c1F. The molecule has 610 valence electrons. The number of nitrogens with one attached hydrogen (secondary N) is 4. The Morgan fingerprint density at radius 3 is 0.689 bits per heavy atom. The van der Waals surface area contributed by atoms with Crippen LogP contribution in [0.25, 0.3) is 27.9 Å². The fraction of sp³-hybridized carbons (Fsp3) is 0.0519. The van der Waals surface area contributed by atoms with Crippen LogP contribution in [0.15, 0.2) is 128 Å². The third kappa shape index (κ3) is 12.1. The number of H-pyrrole nitrogens is 2. The van der Waals surface area contributed by atoms with Crippen molar-refractivity contribution >= 4 is 45.0 Å². The van der Waals surface area contributed by atoms with Crippen LogP contribution in [-0.2, 0) is 0 Å². The van der Waals surface area contributed by atoms with Crippen LogP contribution < -0.4 is 10.6 Å². The lowest BCUT2D eigenvalue weighted by molar-refractivity contribution is 0.366. The fourth-order valence-corrected chi connectivity index (χ4v) is 14.0. The fourth-order valence-electron chi connectivity index (χ4n) is 14.0. The summed E-state index contributed by atoms with van der Waals surface area (Å²) in [5.74, 6) is -108. The van der Waals surface area contributed by atoms with Crippen molar-refractivity contribution < 1.29 is 154 Å². The third-order valence-electron chi connectivity index (χ3n) is 19.3. The summed E-state index contributed by atoms with van der Waals surface area (Å²) in [6, 6.07) is -3.73. The molecule has 119 heavy (non-hydrogen) atoms. The summed E-state index contributed by atoms with van der Waals surface area (Å²) in [5, 5.41) is 4.36.